The number of benzene rings is 3. The van der Waals surface area contributed by atoms with E-state index >= 15 is 0 Å². The number of ketones is 1. The molecule has 0 aromatic heterocycles. The highest BCUT2D eigenvalue weighted by molar-refractivity contribution is 6.09. The van der Waals surface area contributed by atoms with Crippen LogP contribution in [0.1, 0.15) is 76.8 Å². The average Bonchev–Trinajstić information content (AvgIpc) is 3.35. The van der Waals surface area contributed by atoms with Gasteiger partial charge in [-0.15, -0.1) is 6.42 Å². The molecule has 0 radical (unpaired) electrons. The topological polar surface area (TPSA) is 79.9 Å². The molecule has 44 heavy (non-hydrogen) atoms. The van der Waals surface area contributed by atoms with Crippen LogP contribution in [0.2, 0.25) is 0 Å². The van der Waals surface area contributed by atoms with Gasteiger partial charge in [-0.05, 0) is 93.0 Å². The van der Waals surface area contributed by atoms with Crippen molar-refractivity contribution in [2.45, 2.75) is 51.5 Å². The van der Waals surface area contributed by atoms with Gasteiger partial charge in [0.2, 0.25) is 0 Å². The van der Waals surface area contributed by atoms with E-state index in [0.717, 1.165) is 30.8 Å². The summed E-state index contributed by atoms with van der Waals surface area (Å²) >= 11 is 0. The predicted octanol–water partition coefficient (Wildman–Crippen LogP) is 5.87. The van der Waals surface area contributed by atoms with E-state index in [0.29, 0.717) is 35.6 Å². The van der Waals surface area contributed by atoms with Crippen LogP contribution in [0.3, 0.4) is 0 Å². The highest BCUT2D eigenvalue weighted by Crippen LogP contribution is 2.17. The van der Waals surface area contributed by atoms with Gasteiger partial charge in [0.05, 0.1) is 6.61 Å². The summed E-state index contributed by atoms with van der Waals surface area (Å²) in [7, 11) is 0. The fraction of sp³-hybridized carbons (Fsp3) is 0.405. The van der Waals surface area contributed by atoms with Crippen LogP contribution in [-0.2, 0) is 6.54 Å². The highest BCUT2D eigenvalue weighted by Gasteiger charge is 2.11. The summed E-state index contributed by atoms with van der Waals surface area (Å²) in [6.07, 6.45) is 13.8. The van der Waals surface area contributed by atoms with E-state index in [4.69, 9.17) is 15.9 Å². The summed E-state index contributed by atoms with van der Waals surface area (Å²) < 4.78 is 11.2. The van der Waals surface area contributed by atoms with Crippen LogP contribution in [0.25, 0.3) is 0 Å². The van der Waals surface area contributed by atoms with Gasteiger partial charge >= 0.3 is 0 Å². The molecule has 0 bridgehead atoms. The zero-order chi connectivity index (χ0) is 30.8. The van der Waals surface area contributed by atoms with Gasteiger partial charge in [-0.2, -0.15) is 0 Å². The standard InChI is InChI=1S/C37H45N3O4/c1-2-27-43-34-18-14-32(15-19-34)36(41)31-12-10-30(11-13-31)29-39-37(42)33-16-20-35(21-17-33)44-28-8-6-4-3-5-7-24-40-25-9-22-38-23-26-40/h1,10-21,38H,3-9,22-29H2,(H,39,42). The maximum atomic E-state index is 12.8. The molecule has 0 saturated carbocycles. The van der Waals surface area contributed by atoms with Crippen LogP contribution in [0.4, 0.5) is 0 Å². The van der Waals surface area contributed by atoms with Gasteiger partial charge in [0.1, 0.15) is 18.1 Å². The number of ether oxygens (including phenoxy) is 2. The third kappa shape index (κ3) is 11.2. The van der Waals surface area contributed by atoms with Gasteiger partial charge in [0, 0.05) is 36.3 Å². The minimum Gasteiger partial charge on any atom is -0.494 e. The lowest BCUT2D eigenvalue weighted by molar-refractivity contribution is 0.0950. The number of carbonyl (C=O) groups is 2. The Morgan fingerprint density at radius 2 is 1.36 bits per heavy atom. The van der Waals surface area contributed by atoms with E-state index in [1.165, 1.54) is 58.2 Å². The summed E-state index contributed by atoms with van der Waals surface area (Å²) in [6.45, 7) is 7.17. The summed E-state index contributed by atoms with van der Waals surface area (Å²) in [5.41, 5.74) is 2.62. The molecular weight excluding hydrogens is 550 g/mol. The SMILES string of the molecule is C#CCOc1ccc(C(=O)c2ccc(CNC(=O)c3ccc(OCCCCCCCCN4CCCNCC4)cc3)cc2)cc1. The van der Waals surface area contributed by atoms with E-state index in [1.807, 2.05) is 24.3 Å². The average molecular weight is 596 g/mol. The summed E-state index contributed by atoms with van der Waals surface area (Å²) in [5, 5.41) is 6.41. The Labute approximate surface area is 262 Å². The summed E-state index contributed by atoms with van der Waals surface area (Å²) in [6, 6.07) is 21.4. The van der Waals surface area contributed by atoms with Crippen LogP contribution >= 0.6 is 0 Å². The van der Waals surface area contributed by atoms with E-state index in [9.17, 15) is 9.59 Å². The van der Waals surface area contributed by atoms with Gasteiger partial charge in [-0.25, -0.2) is 0 Å². The van der Waals surface area contributed by atoms with Gasteiger partial charge in [0.25, 0.3) is 5.91 Å². The molecule has 7 heteroatoms. The fourth-order valence-electron chi connectivity index (χ4n) is 5.21. The normalized spacial score (nSPS) is 13.4. The van der Waals surface area contributed by atoms with Crippen LogP contribution < -0.4 is 20.1 Å². The van der Waals surface area contributed by atoms with Crippen molar-refractivity contribution in [1.29, 1.82) is 0 Å². The van der Waals surface area contributed by atoms with Crippen molar-refractivity contribution in [2.24, 2.45) is 0 Å². The molecule has 0 aliphatic carbocycles. The number of terminal acetylenes is 1. The third-order valence-corrected chi connectivity index (χ3v) is 7.79. The number of hydrogen-bond donors (Lipinski definition) is 2. The Kier molecular flexibility index (Phi) is 13.8. The lowest BCUT2D eigenvalue weighted by Gasteiger charge is -2.18. The first-order chi connectivity index (χ1) is 21.6. The number of amides is 1. The molecule has 1 fully saturated rings. The molecule has 0 atom stereocenters. The third-order valence-electron chi connectivity index (χ3n) is 7.79. The first kappa shape index (κ1) is 32.8. The van der Waals surface area contributed by atoms with Gasteiger partial charge in [0.15, 0.2) is 5.78 Å². The summed E-state index contributed by atoms with van der Waals surface area (Å²) in [5.74, 6) is 3.58. The maximum Gasteiger partial charge on any atom is 0.251 e. The molecule has 232 valence electrons. The molecule has 4 rings (SSSR count). The minimum absolute atomic E-state index is 0.0847. The second kappa shape index (κ2) is 18.5. The van der Waals surface area contributed by atoms with E-state index < -0.39 is 0 Å². The van der Waals surface area contributed by atoms with Crippen LogP contribution in [0.15, 0.2) is 72.8 Å². The van der Waals surface area contributed by atoms with Gasteiger partial charge in [-0.1, -0.05) is 55.9 Å². The monoisotopic (exact) mass is 595 g/mol. The summed E-state index contributed by atoms with van der Waals surface area (Å²) in [4.78, 5) is 28.1. The Morgan fingerprint density at radius 1 is 0.750 bits per heavy atom. The lowest BCUT2D eigenvalue weighted by atomic mass is 10.0. The van der Waals surface area contributed by atoms with Crippen molar-refractivity contribution in [1.82, 2.24) is 15.5 Å². The Hall–Kier alpha value is -4.12. The van der Waals surface area contributed by atoms with Crippen molar-refractivity contribution in [2.75, 3.05) is 45.9 Å². The van der Waals surface area contributed by atoms with E-state index in [2.05, 4.69) is 21.5 Å². The molecule has 1 heterocycles. The number of nitrogens with one attached hydrogen (secondary N) is 2. The molecule has 7 nitrogen and oxygen atoms in total. The molecule has 1 aliphatic heterocycles. The number of nitrogens with zero attached hydrogens (tertiary/aromatic N) is 1. The minimum atomic E-state index is -0.156. The largest absolute Gasteiger partial charge is 0.494 e. The lowest BCUT2D eigenvalue weighted by Crippen LogP contribution is -2.29. The van der Waals surface area contributed by atoms with Gasteiger partial charge in [-0.3, -0.25) is 9.59 Å². The highest BCUT2D eigenvalue weighted by atomic mass is 16.5. The van der Waals surface area contributed by atoms with Crippen LogP contribution in [0.5, 0.6) is 11.5 Å². The number of hydrogen-bond acceptors (Lipinski definition) is 6. The second-order valence-corrected chi connectivity index (χ2v) is 11.2. The molecule has 2 N–H and O–H groups in total. The molecule has 1 amide bonds. The number of carbonyl (C=O) groups excluding carboxylic acids is 2. The quantitative estimate of drug-likeness (QED) is 0.115. The van der Waals surface area contributed by atoms with Gasteiger partial charge < -0.3 is 25.0 Å². The van der Waals surface area contributed by atoms with Crippen molar-refractivity contribution < 1.29 is 19.1 Å². The molecule has 3 aromatic rings. The maximum absolute atomic E-state index is 12.8. The first-order valence-corrected chi connectivity index (χ1v) is 15.9. The zero-order valence-electron chi connectivity index (χ0n) is 25.7. The zero-order valence-corrected chi connectivity index (χ0v) is 25.7. The molecule has 3 aromatic carbocycles. The molecular formula is C37H45N3O4. The van der Waals surface area contributed by atoms with Crippen molar-refractivity contribution in [3.05, 3.63) is 95.1 Å². The predicted molar refractivity (Wildman–Crippen MR) is 175 cm³/mol. The van der Waals surface area contributed by atoms with Crippen molar-refractivity contribution in [3.63, 3.8) is 0 Å². The van der Waals surface area contributed by atoms with Crippen molar-refractivity contribution >= 4 is 11.7 Å². The molecule has 1 saturated heterocycles. The van der Waals surface area contributed by atoms with E-state index in [-0.39, 0.29) is 18.3 Å². The fourth-order valence-corrected chi connectivity index (χ4v) is 5.21. The first-order valence-electron chi connectivity index (χ1n) is 15.9. The van der Waals surface area contributed by atoms with Crippen LogP contribution in [-0.4, -0.2) is 62.5 Å². The molecule has 0 spiro atoms. The van der Waals surface area contributed by atoms with Crippen molar-refractivity contribution in [3.8, 4) is 23.8 Å². The number of unbranched alkanes of at least 4 members (excludes halogenated alkanes) is 5. The Balaban J connectivity index is 1.08. The molecule has 0 unspecified atom stereocenters. The second-order valence-electron chi connectivity index (χ2n) is 11.2. The Bertz CT molecular complexity index is 1320. The van der Waals surface area contributed by atoms with E-state index in [1.54, 1.807) is 48.5 Å². The number of rotatable bonds is 17. The van der Waals surface area contributed by atoms with Crippen LogP contribution in [0, 0.1) is 12.3 Å². The Morgan fingerprint density at radius 3 is 2.07 bits per heavy atom. The smallest absolute Gasteiger partial charge is 0.251 e. The molecule has 1 aliphatic rings.